The zero-order valence-electron chi connectivity index (χ0n) is 17.7. The number of ether oxygens (including phenoxy) is 2. The fourth-order valence-electron chi connectivity index (χ4n) is 1.18. The molecule has 0 amide bonds. The second-order valence-corrected chi connectivity index (χ2v) is 5.93. The summed E-state index contributed by atoms with van der Waals surface area (Å²) < 4.78 is 9.44. The van der Waals surface area contributed by atoms with Crippen LogP contribution < -0.4 is 0 Å². The number of carboxylic acid groups (broad SMARTS) is 2. The maximum absolute atomic E-state index is 10.5. The first-order valence-electron chi connectivity index (χ1n) is 9.21. The first-order chi connectivity index (χ1) is 13.5. The van der Waals surface area contributed by atoms with E-state index in [1.807, 2.05) is 6.92 Å². The standard InChI is InChI=1S/C7H12O2.C6H10O2.2C4H6O2/c1-3-5-6-9-7(8)4-2;7-6-4-2-1-3-5-8-6;2*1-3(2)4(5)6/h4H,2-3,5-6H2,1H3;1-5H2;2*1H2,2H3,(H,5,6). The minimum Gasteiger partial charge on any atom is -0.478 e. The van der Waals surface area contributed by atoms with E-state index >= 15 is 0 Å². The van der Waals surface area contributed by atoms with Gasteiger partial charge >= 0.3 is 23.9 Å². The number of aliphatic carboxylic acids is 2. The molecule has 1 aliphatic rings. The minimum atomic E-state index is -0.935. The van der Waals surface area contributed by atoms with Gasteiger partial charge in [0.2, 0.25) is 0 Å². The van der Waals surface area contributed by atoms with Crippen LogP contribution in [0.5, 0.6) is 0 Å². The van der Waals surface area contributed by atoms with Crippen LogP contribution in [-0.4, -0.2) is 47.3 Å². The second kappa shape index (κ2) is 21.4. The predicted octanol–water partition coefficient (Wildman–Crippen LogP) is 3.91. The summed E-state index contributed by atoms with van der Waals surface area (Å²) in [4.78, 5) is 40.0. The van der Waals surface area contributed by atoms with Gasteiger partial charge in [-0.15, -0.1) is 0 Å². The fourth-order valence-corrected chi connectivity index (χ4v) is 1.18. The molecule has 0 aromatic heterocycles. The van der Waals surface area contributed by atoms with Crippen molar-refractivity contribution in [3.8, 4) is 0 Å². The van der Waals surface area contributed by atoms with Gasteiger partial charge in [0.05, 0.1) is 13.2 Å². The molecule has 0 unspecified atom stereocenters. The monoisotopic (exact) mass is 414 g/mol. The molecule has 29 heavy (non-hydrogen) atoms. The number of hydrogen-bond acceptors (Lipinski definition) is 6. The molecule has 1 fully saturated rings. The van der Waals surface area contributed by atoms with E-state index in [0.717, 1.165) is 32.1 Å². The molecule has 0 atom stereocenters. The molecule has 8 heteroatoms. The lowest BCUT2D eigenvalue weighted by atomic mass is 10.2. The highest BCUT2D eigenvalue weighted by Gasteiger charge is 2.05. The van der Waals surface area contributed by atoms with Gasteiger partial charge in [-0.25, -0.2) is 14.4 Å². The summed E-state index contributed by atoms with van der Waals surface area (Å²) in [7, 11) is 0. The van der Waals surface area contributed by atoms with Crippen molar-refractivity contribution >= 4 is 23.9 Å². The molecule has 0 aromatic rings. The molecule has 0 aromatic carbocycles. The van der Waals surface area contributed by atoms with Crippen LogP contribution in [-0.2, 0) is 28.7 Å². The van der Waals surface area contributed by atoms with Crippen molar-refractivity contribution in [2.75, 3.05) is 13.2 Å². The maximum Gasteiger partial charge on any atom is 0.330 e. The van der Waals surface area contributed by atoms with Gasteiger partial charge in [0, 0.05) is 23.6 Å². The number of unbranched alkanes of at least 4 members (excludes halogenated alkanes) is 1. The first-order valence-corrected chi connectivity index (χ1v) is 9.21. The maximum atomic E-state index is 10.5. The third-order valence-electron chi connectivity index (χ3n) is 2.93. The Morgan fingerprint density at radius 2 is 1.55 bits per heavy atom. The van der Waals surface area contributed by atoms with Crippen LogP contribution in [0, 0.1) is 0 Å². The Kier molecular flexibility index (Phi) is 22.7. The quantitative estimate of drug-likeness (QED) is 0.380. The lowest BCUT2D eigenvalue weighted by Gasteiger charge is -1.97. The highest BCUT2D eigenvalue weighted by molar-refractivity contribution is 5.85. The summed E-state index contributed by atoms with van der Waals surface area (Å²) in [5, 5.41) is 15.8. The van der Waals surface area contributed by atoms with Gasteiger partial charge in [-0.1, -0.05) is 33.1 Å². The molecule has 1 saturated heterocycles. The Balaban J connectivity index is -0.000000316. The highest BCUT2D eigenvalue weighted by Crippen LogP contribution is 2.06. The number of carboxylic acids is 2. The predicted molar refractivity (Wildman–Crippen MR) is 110 cm³/mol. The van der Waals surface area contributed by atoms with Gasteiger partial charge in [-0.3, -0.25) is 4.79 Å². The molecule has 1 aliphatic heterocycles. The molecule has 0 radical (unpaired) electrons. The van der Waals surface area contributed by atoms with Crippen molar-refractivity contribution in [3.63, 3.8) is 0 Å². The first kappa shape index (κ1) is 30.8. The lowest BCUT2D eigenvalue weighted by molar-refractivity contribution is -0.142. The van der Waals surface area contributed by atoms with Gasteiger partial charge in [-0.2, -0.15) is 0 Å². The van der Waals surface area contributed by atoms with E-state index in [-0.39, 0.29) is 23.1 Å². The van der Waals surface area contributed by atoms with Gasteiger partial charge in [0.25, 0.3) is 0 Å². The Labute approximate surface area is 172 Å². The van der Waals surface area contributed by atoms with Gasteiger partial charge in [0.1, 0.15) is 0 Å². The smallest absolute Gasteiger partial charge is 0.330 e. The van der Waals surface area contributed by atoms with E-state index in [9.17, 15) is 19.2 Å². The molecular formula is C21H34O8. The third kappa shape index (κ3) is 30.1. The number of carbonyl (C=O) groups is 4. The normalized spacial score (nSPS) is 11.8. The molecule has 0 aliphatic carbocycles. The minimum absolute atomic E-state index is 0.0255. The van der Waals surface area contributed by atoms with Crippen molar-refractivity contribution < 1.29 is 38.9 Å². The Morgan fingerprint density at radius 1 is 1.07 bits per heavy atom. The van der Waals surface area contributed by atoms with Crippen LogP contribution in [0.2, 0.25) is 0 Å². The second-order valence-electron chi connectivity index (χ2n) is 5.93. The number of carbonyl (C=O) groups excluding carboxylic acids is 2. The zero-order chi connectivity index (χ0) is 23.2. The summed E-state index contributed by atoms with van der Waals surface area (Å²) in [6, 6.07) is 0. The summed E-state index contributed by atoms with van der Waals surface area (Å²) in [6.45, 7) is 15.7. The van der Waals surface area contributed by atoms with Crippen LogP contribution in [0.25, 0.3) is 0 Å². The lowest BCUT2D eigenvalue weighted by Crippen LogP contribution is -2.00. The van der Waals surface area contributed by atoms with Crippen molar-refractivity contribution in [2.24, 2.45) is 0 Å². The van der Waals surface area contributed by atoms with Crippen LogP contribution in [0.3, 0.4) is 0 Å². The van der Waals surface area contributed by atoms with Gasteiger partial charge in [0.15, 0.2) is 0 Å². The Hall–Kier alpha value is -2.90. The van der Waals surface area contributed by atoms with E-state index in [4.69, 9.17) is 14.9 Å². The van der Waals surface area contributed by atoms with Gasteiger partial charge in [-0.05, 0) is 39.5 Å². The van der Waals surface area contributed by atoms with Gasteiger partial charge < -0.3 is 19.7 Å². The van der Waals surface area contributed by atoms with Crippen molar-refractivity contribution in [1.29, 1.82) is 0 Å². The Morgan fingerprint density at radius 3 is 1.93 bits per heavy atom. The van der Waals surface area contributed by atoms with Crippen LogP contribution in [0.15, 0.2) is 37.0 Å². The number of hydrogen-bond donors (Lipinski definition) is 2. The molecule has 1 rings (SSSR count). The van der Waals surface area contributed by atoms with E-state index in [1.54, 1.807) is 0 Å². The average Bonchev–Trinajstić information content (AvgIpc) is 2.90. The van der Waals surface area contributed by atoms with E-state index in [2.05, 4.69) is 24.5 Å². The van der Waals surface area contributed by atoms with Crippen molar-refractivity contribution in [3.05, 3.63) is 37.0 Å². The molecule has 166 valence electrons. The van der Waals surface area contributed by atoms with Crippen molar-refractivity contribution in [1.82, 2.24) is 0 Å². The van der Waals surface area contributed by atoms with Crippen LogP contribution >= 0.6 is 0 Å². The summed E-state index contributed by atoms with van der Waals surface area (Å²) in [5.41, 5.74) is 0.352. The molecule has 0 saturated carbocycles. The topological polar surface area (TPSA) is 127 Å². The van der Waals surface area contributed by atoms with E-state index in [1.165, 1.54) is 19.9 Å². The zero-order valence-corrected chi connectivity index (χ0v) is 17.7. The van der Waals surface area contributed by atoms with Crippen LogP contribution in [0.1, 0.15) is 59.3 Å². The third-order valence-corrected chi connectivity index (χ3v) is 2.93. The van der Waals surface area contributed by atoms with E-state index in [0.29, 0.717) is 19.6 Å². The van der Waals surface area contributed by atoms with Crippen LogP contribution in [0.4, 0.5) is 0 Å². The fraction of sp³-hybridized carbons (Fsp3) is 0.524. The largest absolute Gasteiger partial charge is 0.478 e. The summed E-state index contributed by atoms with van der Waals surface area (Å²) >= 11 is 0. The van der Waals surface area contributed by atoms with E-state index < -0.39 is 11.9 Å². The summed E-state index contributed by atoms with van der Waals surface area (Å²) in [5.74, 6) is -2.23. The highest BCUT2D eigenvalue weighted by atomic mass is 16.5. The molecule has 8 nitrogen and oxygen atoms in total. The molecule has 1 heterocycles. The SMILES string of the molecule is C=C(C)C(=O)O.C=C(C)C(=O)O.C=CC(=O)OCCCC.O=C1CCCCCO1. The number of cyclic esters (lactones) is 1. The molecule has 0 spiro atoms. The number of rotatable bonds is 6. The Bertz CT molecular complexity index is 491. The summed E-state index contributed by atoms with van der Waals surface area (Å²) in [6.07, 6.45) is 6.98. The van der Waals surface area contributed by atoms with Crippen molar-refractivity contribution in [2.45, 2.75) is 59.3 Å². The molecule has 0 bridgehead atoms. The average molecular weight is 414 g/mol. The number of esters is 2. The molecular weight excluding hydrogens is 380 g/mol. The molecule has 2 N–H and O–H groups in total.